The quantitative estimate of drug-likeness (QED) is 0.608. The third kappa shape index (κ3) is 3.85. The maximum atomic E-state index is 13.4. The summed E-state index contributed by atoms with van der Waals surface area (Å²) in [7, 11) is 1.32. The molecule has 2 N–H and O–H groups in total. The molecule has 8 nitrogen and oxygen atoms in total. The number of nitrogens with zero attached hydrogens (tertiary/aromatic N) is 2. The first-order valence-corrected chi connectivity index (χ1v) is 9.87. The number of esters is 1. The number of ether oxygens (including phenoxy) is 1. The molecule has 0 saturated carbocycles. The maximum Gasteiger partial charge on any atom is 0.339 e. The standard InChI is InChI=1S/C22H26N4O4/c1-6-15-18(22(29)30-5)13(4)19(24-15)21(28)26(12(2)3)11-17-23-16-10-8-7-9-14(16)20(27)25-17/h7-10,12,24H,6,11H2,1-5H3,(H,23,25,27). The van der Waals surface area contributed by atoms with Gasteiger partial charge >= 0.3 is 5.97 Å². The van der Waals surface area contributed by atoms with E-state index in [1.54, 1.807) is 30.0 Å². The van der Waals surface area contributed by atoms with E-state index >= 15 is 0 Å². The molecule has 0 fully saturated rings. The Labute approximate surface area is 174 Å². The van der Waals surface area contributed by atoms with Crippen molar-refractivity contribution in [1.82, 2.24) is 19.9 Å². The molecule has 0 unspecified atom stereocenters. The van der Waals surface area contributed by atoms with Gasteiger partial charge < -0.3 is 19.6 Å². The van der Waals surface area contributed by atoms with E-state index in [9.17, 15) is 14.4 Å². The van der Waals surface area contributed by atoms with Gasteiger partial charge in [0.05, 0.1) is 30.1 Å². The van der Waals surface area contributed by atoms with Crippen molar-refractivity contribution in [2.45, 2.75) is 46.7 Å². The molecule has 30 heavy (non-hydrogen) atoms. The number of nitrogens with one attached hydrogen (secondary N) is 2. The fourth-order valence-corrected chi connectivity index (χ4v) is 3.52. The third-order valence-corrected chi connectivity index (χ3v) is 5.15. The van der Waals surface area contributed by atoms with Crippen LogP contribution in [-0.4, -0.2) is 44.9 Å². The van der Waals surface area contributed by atoms with Gasteiger partial charge in [0.2, 0.25) is 0 Å². The van der Waals surface area contributed by atoms with E-state index in [0.717, 1.165) is 0 Å². The number of H-pyrrole nitrogens is 2. The van der Waals surface area contributed by atoms with Crippen molar-refractivity contribution in [3.8, 4) is 0 Å². The van der Waals surface area contributed by atoms with Crippen LogP contribution in [0.25, 0.3) is 10.9 Å². The van der Waals surface area contributed by atoms with Crippen molar-refractivity contribution >= 4 is 22.8 Å². The Kier molecular flexibility index (Phi) is 6.05. The summed E-state index contributed by atoms with van der Waals surface area (Å²) in [6.07, 6.45) is 0.555. The summed E-state index contributed by atoms with van der Waals surface area (Å²) < 4.78 is 4.88. The predicted octanol–water partition coefficient (Wildman–Crippen LogP) is 2.96. The average molecular weight is 410 g/mol. The lowest BCUT2D eigenvalue weighted by molar-refractivity contribution is 0.0599. The highest BCUT2D eigenvalue weighted by Crippen LogP contribution is 2.23. The summed E-state index contributed by atoms with van der Waals surface area (Å²) in [5.41, 5.74) is 2.26. The van der Waals surface area contributed by atoms with Gasteiger partial charge in [-0.3, -0.25) is 9.59 Å². The number of fused-ring (bicyclic) bond motifs is 1. The Morgan fingerprint density at radius 2 is 1.90 bits per heavy atom. The Morgan fingerprint density at radius 1 is 1.20 bits per heavy atom. The van der Waals surface area contributed by atoms with E-state index < -0.39 is 5.97 Å². The first-order chi connectivity index (χ1) is 14.3. The lowest BCUT2D eigenvalue weighted by Gasteiger charge is -2.26. The van der Waals surface area contributed by atoms with E-state index in [1.165, 1.54) is 7.11 Å². The fourth-order valence-electron chi connectivity index (χ4n) is 3.52. The minimum absolute atomic E-state index is 0.129. The largest absolute Gasteiger partial charge is 0.465 e. The summed E-state index contributed by atoms with van der Waals surface area (Å²) in [6, 6.07) is 6.90. The molecular weight excluding hydrogens is 384 g/mol. The lowest BCUT2D eigenvalue weighted by Crippen LogP contribution is -2.38. The molecule has 0 radical (unpaired) electrons. The highest BCUT2D eigenvalue weighted by atomic mass is 16.5. The monoisotopic (exact) mass is 410 g/mol. The van der Waals surface area contributed by atoms with Crippen molar-refractivity contribution in [3.63, 3.8) is 0 Å². The predicted molar refractivity (Wildman–Crippen MR) is 114 cm³/mol. The summed E-state index contributed by atoms with van der Waals surface area (Å²) in [5.74, 6) is -0.353. The van der Waals surface area contributed by atoms with E-state index in [-0.39, 0.29) is 24.1 Å². The van der Waals surface area contributed by atoms with Crippen LogP contribution >= 0.6 is 0 Å². The van der Waals surface area contributed by atoms with Gasteiger partial charge in [0.1, 0.15) is 11.5 Å². The first-order valence-electron chi connectivity index (χ1n) is 9.87. The summed E-state index contributed by atoms with van der Waals surface area (Å²) in [5, 5.41) is 0.499. The number of carbonyl (C=O) groups excluding carboxylic acids is 2. The second-order valence-corrected chi connectivity index (χ2v) is 7.38. The number of aromatic nitrogens is 3. The molecule has 0 bridgehead atoms. The summed E-state index contributed by atoms with van der Waals surface area (Å²) in [6.45, 7) is 7.53. The van der Waals surface area contributed by atoms with E-state index in [1.807, 2.05) is 26.8 Å². The van der Waals surface area contributed by atoms with Crippen molar-refractivity contribution in [1.29, 1.82) is 0 Å². The molecule has 1 amide bonds. The summed E-state index contributed by atoms with van der Waals surface area (Å²) in [4.78, 5) is 49.9. The van der Waals surface area contributed by atoms with Crippen LogP contribution in [-0.2, 0) is 17.7 Å². The zero-order chi connectivity index (χ0) is 22.0. The van der Waals surface area contributed by atoms with Crippen molar-refractivity contribution in [2.24, 2.45) is 0 Å². The maximum absolute atomic E-state index is 13.4. The molecule has 0 spiro atoms. The van der Waals surface area contributed by atoms with Gasteiger partial charge in [0, 0.05) is 11.7 Å². The Balaban J connectivity index is 2.00. The van der Waals surface area contributed by atoms with E-state index in [2.05, 4.69) is 15.0 Å². The van der Waals surface area contributed by atoms with Crippen molar-refractivity contribution < 1.29 is 14.3 Å². The molecule has 0 aliphatic heterocycles. The minimum atomic E-state index is -0.476. The van der Waals surface area contributed by atoms with Crippen LogP contribution in [0.4, 0.5) is 0 Å². The third-order valence-electron chi connectivity index (χ3n) is 5.15. The Morgan fingerprint density at radius 3 is 2.53 bits per heavy atom. The smallest absolute Gasteiger partial charge is 0.339 e. The van der Waals surface area contributed by atoms with Crippen LogP contribution < -0.4 is 5.56 Å². The van der Waals surface area contributed by atoms with Gasteiger partial charge in [-0.05, 0) is 44.9 Å². The highest BCUT2D eigenvalue weighted by molar-refractivity contribution is 6.00. The van der Waals surface area contributed by atoms with Gasteiger partial charge in [-0.25, -0.2) is 9.78 Å². The van der Waals surface area contributed by atoms with Crippen LogP contribution in [0.5, 0.6) is 0 Å². The Bertz CT molecular complexity index is 1160. The van der Waals surface area contributed by atoms with Gasteiger partial charge in [0.25, 0.3) is 11.5 Å². The normalized spacial score (nSPS) is 11.1. The molecule has 0 atom stereocenters. The van der Waals surface area contributed by atoms with Gasteiger partial charge in [-0.2, -0.15) is 0 Å². The molecule has 0 aliphatic rings. The second kappa shape index (κ2) is 8.52. The molecule has 2 heterocycles. The molecule has 3 aromatic rings. The molecule has 158 valence electrons. The van der Waals surface area contributed by atoms with E-state index in [0.29, 0.717) is 45.7 Å². The number of aryl methyl sites for hydroxylation is 1. The molecule has 0 aliphatic carbocycles. The van der Waals surface area contributed by atoms with Gasteiger partial charge in [-0.15, -0.1) is 0 Å². The SMILES string of the molecule is CCc1[nH]c(C(=O)N(Cc2nc3ccccc3c(=O)[nH]2)C(C)C)c(C)c1C(=O)OC. The fraction of sp³-hybridized carbons (Fsp3) is 0.364. The number of carbonyl (C=O) groups is 2. The number of aromatic amines is 2. The first kappa shape index (κ1) is 21.3. The van der Waals surface area contributed by atoms with E-state index in [4.69, 9.17) is 4.74 Å². The number of methoxy groups -OCH3 is 1. The second-order valence-electron chi connectivity index (χ2n) is 7.38. The summed E-state index contributed by atoms with van der Waals surface area (Å²) >= 11 is 0. The number of benzene rings is 1. The number of hydrogen-bond donors (Lipinski definition) is 2. The van der Waals surface area contributed by atoms with Crippen LogP contribution in [0, 0.1) is 6.92 Å². The Hall–Kier alpha value is -3.42. The van der Waals surface area contributed by atoms with Crippen LogP contribution in [0.1, 0.15) is 58.7 Å². The average Bonchev–Trinajstić information content (AvgIpc) is 3.07. The number of rotatable bonds is 6. The lowest BCUT2D eigenvalue weighted by atomic mass is 10.1. The highest BCUT2D eigenvalue weighted by Gasteiger charge is 2.28. The van der Waals surface area contributed by atoms with Crippen molar-refractivity contribution in [2.75, 3.05) is 7.11 Å². The zero-order valence-corrected chi connectivity index (χ0v) is 17.8. The van der Waals surface area contributed by atoms with Gasteiger partial charge in [0.15, 0.2) is 0 Å². The van der Waals surface area contributed by atoms with Gasteiger partial charge in [-0.1, -0.05) is 19.1 Å². The topological polar surface area (TPSA) is 108 Å². The molecular formula is C22H26N4O4. The van der Waals surface area contributed by atoms with Crippen LogP contribution in [0.15, 0.2) is 29.1 Å². The molecule has 1 aromatic carbocycles. The van der Waals surface area contributed by atoms with Crippen LogP contribution in [0.3, 0.4) is 0 Å². The number of para-hydroxylation sites is 1. The number of hydrogen-bond acceptors (Lipinski definition) is 5. The molecule has 3 rings (SSSR count). The molecule has 8 heteroatoms. The zero-order valence-electron chi connectivity index (χ0n) is 17.8. The van der Waals surface area contributed by atoms with Crippen LogP contribution in [0.2, 0.25) is 0 Å². The molecule has 2 aromatic heterocycles. The van der Waals surface area contributed by atoms with Crippen molar-refractivity contribution in [3.05, 3.63) is 63.0 Å². The minimum Gasteiger partial charge on any atom is -0.465 e. The number of amides is 1. The molecule has 0 saturated heterocycles.